The van der Waals surface area contributed by atoms with Gasteiger partial charge in [-0.1, -0.05) is 25.1 Å². The fourth-order valence-electron chi connectivity index (χ4n) is 2.13. The van der Waals surface area contributed by atoms with Gasteiger partial charge in [0.1, 0.15) is 22.0 Å². The van der Waals surface area contributed by atoms with Crippen molar-refractivity contribution in [2.24, 2.45) is 0 Å². The van der Waals surface area contributed by atoms with E-state index in [0.717, 1.165) is 47.8 Å². The Hall–Kier alpha value is -1.62. The number of anilines is 1. The lowest BCUT2D eigenvalue weighted by atomic mass is 10.1. The standard InChI is InChI=1S/C16H20BrN3O/c1-3-6-15-19-14(17)11-16(20-15)18-10-9-12-7-4-5-8-13(12)21-2/h4-5,7-8,11H,3,6,9-10H2,1-2H3,(H,18,19,20). The van der Waals surface area contributed by atoms with Gasteiger partial charge in [-0.3, -0.25) is 0 Å². The topological polar surface area (TPSA) is 47.0 Å². The molecule has 1 aromatic heterocycles. The number of para-hydroxylation sites is 1. The number of hydrogen-bond acceptors (Lipinski definition) is 4. The largest absolute Gasteiger partial charge is 0.496 e. The average molecular weight is 350 g/mol. The molecule has 112 valence electrons. The highest BCUT2D eigenvalue weighted by molar-refractivity contribution is 9.10. The maximum Gasteiger partial charge on any atom is 0.132 e. The van der Waals surface area contributed by atoms with Crippen LogP contribution in [0.4, 0.5) is 5.82 Å². The van der Waals surface area contributed by atoms with E-state index < -0.39 is 0 Å². The second kappa shape index (κ2) is 7.98. The van der Waals surface area contributed by atoms with Crippen LogP contribution < -0.4 is 10.1 Å². The van der Waals surface area contributed by atoms with Crippen molar-refractivity contribution in [2.75, 3.05) is 19.0 Å². The summed E-state index contributed by atoms with van der Waals surface area (Å²) in [6.07, 6.45) is 2.81. The van der Waals surface area contributed by atoms with E-state index in [2.05, 4.69) is 44.2 Å². The van der Waals surface area contributed by atoms with Gasteiger partial charge in [-0.15, -0.1) is 0 Å². The molecule has 4 nitrogen and oxygen atoms in total. The predicted octanol–water partition coefficient (Wildman–Crippen LogP) is 3.85. The van der Waals surface area contributed by atoms with Crippen molar-refractivity contribution in [3.05, 3.63) is 46.3 Å². The monoisotopic (exact) mass is 349 g/mol. The molecule has 2 rings (SSSR count). The van der Waals surface area contributed by atoms with Crippen LogP contribution >= 0.6 is 15.9 Å². The van der Waals surface area contributed by atoms with Crippen LogP contribution in [0.5, 0.6) is 5.75 Å². The molecule has 0 fully saturated rings. The zero-order valence-electron chi connectivity index (χ0n) is 12.4. The Kier molecular flexibility index (Phi) is 5.99. The molecule has 0 unspecified atom stereocenters. The van der Waals surface area contributed by atoms with Gasteiger partial charge in [-0.2, -0.15) is 0 Å². The van der Waals surface area contributed by atoms with E-state index >= 15 is 0 Å². The molecule has 0 aliphatic carbocycles. The summed E-state index contributed by atoms with van der Waals surface area (Å²) in [6.45, 7) is 2.93. The number of nitrogens with zero attached hydrogens (tertiary/aromatic N) is 2. The van der Waals surface area contributed by atoms with Crippen LogP contribution in [0, 0.1) is 0 Å². The lowest BCUT2D eigenvalue weighted by Gasteiger charge is -2.10. The van der Waals surface area contributed by atoms with Crippen LogP contribution in [0.2, 0.25) is 0 Å². The first-order chi connectivity index (χ1) is 10.2. The fraction of sp³-hybridized carbons (Fsp3) is 0.375. The highest BCUT2D eigenvalue weighted by Gasteiger charge is 2.04. The van der Waals surface area contributed by atoms with E-state index in [4.69, 9.17) is 4.74 Å². The van der Waals surface area contributed by atoms with Crippen molar-refractivity contribution in [2.45, 2.75) is 26.2 Å². The van der Waals surface area contributed by atoms with Gasteiger partial charge in [-0.05, 0) is 40.4 Å². The number of aryl methyl sites for hydroxylation is 1. The third kappa shape index (κ3) is 4.70. The van der Waals surface area contributed by atoms with E-state index in [0.29, 0.717) is 0 Å². The molecule has 2 aromatic rings. The lowest BCUT2D eigenvalue weighted by Crippen LogP contribution is -2.09. The predicted molar refractivity (Wildman–Crippen MR) is 88.9 cm³/mol. The van der Waals surface area contributed by atoms with E-state index in [9.17, 15) is 0 Å². The molecule has 0 spiro atoms. The molecule has 5 heteroatoms. The summed E-state index contributed by atoms with van der Waals surface area (Å²) < 4.78 is 6.18. The Morgan fingerprint density at radius 1 is 1.19 bits per heavy atom. The molecule has 0 amide bonds. The van der Waals surface area contributed by atoms with Crippen LogP contribution in [-0.4, -0.2) is 23.6 Å². The molecule has 0 aliphatic rings. The summed E-state index contributed by atoms with van der Waals surface area (Å²) in [5.41, 5.74) is 1.19. The average Bonchev–Trinajstić information content (AvgIpc) is 2.47. The first kappa shape index (κ1) is 15.8. The van der Waals surface area contributed by atoms with Crippen molar-refractivity contribution in [3.63, 3.8) is 0 Å². The molecule has 0 atom stereocenters. The second-order valence-electron chi connectivity index (χ2n) is 4.73. The third-order valence-electron chi connectivity index (χ3n) is 3.11. The summed E-state index contributed by atoms with van der Waals surface area (Å²) in [4.78, 5) is 8.88. The van der Waals surface area contributed by atoms with Gasteiger partial charge in [-0.25, -0.2) is 9.97 Å². The molecule has 1 aromatic carbocycles. The molecule has 1 heterocycles. The van der Waals surface area contributed by atoms with Gasteiger partial charge in [0.25, 0.3) is 0 Å². The molecular formula is C16H20BrN3O. The maximum atomic E-state index is 5.36. The first-order valence-electron chi connectivity index (χ1n) is 7.12. The molecule has 0 bridgehead atoms. The van der Waals surface area contributed by atoms with E-state index in [1.165, 1.54) is 5.56 Å². The van der Waals surface area contributed by atoms with Crippen LogP contribution in [-0.2, 0) is 12.8 Å². The highest BCUT2D eigenvalue weighted by Crippen LogP contribution is 2.18. The fourth-order valence-corrected chi connectivity index (χ4v) is 2.55. The minimum absolute atomic E-state index is 0.801. The number of ether oxygens (including phenoxy) is 1. The molecule has 0 radical (unpaired) electrons. The Morgan fingerprint density at radius 3 is 2.76 bits per heavy atom. The van der Waals surface area contributed by atoms with Crippen molar-refractivity contribution in [1.82, 2.24) is 9.97 Å². The second-order valence-corrected chi connectivity index (χ2v) is 5.54. The molecule has 0 saturated heterocycles. The smallest absolute Gasteiger partial charge is 0.132 e. The van der Waals surface area contributed by atoms with Crippen molar-refractivity contribution < 1.29 is 4.74 Å². The van der Waals surface area contributed by atoms with Gasteiger partial charge in [0.15, 0.2) is 0 Å². The van der Waals surface area contributed by atoms with Gasteiger partial charge >= 0.3 is 0 Å². The van der Waals surface area contributed by atoms with Crippen molar-refractivity contribution in [1.29, 1.82) is 0 Å². The van der Waals surface area contributed by atoms with E-state index in [-0.39, 0.29) is 0 Å². The Morgan fingerprint density at radius 2 is 2.00 bits per heavy atom. The zero-order valence-corrected chi connectivity index (χ0v) is 14.0. The summed E-state index contributed by atoms with van der Waals surface area (Å²) in [5, 5.41) is 3.35. The summed E-state index contributed by atoms with van der Waals surface area (Å²) in [6, 6.07) is 9.98. The number of rotatable bonds is 7. The molecule has 21 heavy (non-hydrogen) atoms. The number of hydrogen-bond donors (Lipinski definition) is 1. The Balaban J connectivity index is 1.97. The highest BCUT2D eigenvalue weighted by atomic mass is 79.9. The molecular weight excluding hydrogens is 330 g/mol. The summed E-state index contributed by atoms with van der Waals surface area (Å²) in [7, 11) is 1.70. The number of nitrogens with one attached hydrogen (secondary N) is 1. The SMILES string of the molecule is CCCc1nc(Br)cc(NCCc2ccccc2OC)n1. The van der Waals surface area contributed by atoms with Gasteiger partial charge in [0.2, 0.25) is 0 Å². The lowest BCUT2D eigenvalue weighted by molar-refractivity contribution is 0.410. The third-order valence-corrected chi connectivity index (χ3v) is 3.51. The van der Waals surface area contributed by atoms with Crippen LogP contribution in [0.25, 0.3) is 0 Å². The number of aromatic nitrogens is 2. The first-order valence-corrected chi connectivity index (χ1v) is 7.91. The number of halogens is 1. The van der Waals surface area contributed by atoms with E-state index in [1.54, 1.807) is 7.11 Å². The number of methoxy groups -OCH3 is 1. The zero-order chi connectivity index (χ0) is 15.1. The quantitative estimate of drug-likeness (QED) is 0.771. The van der Waals surface area contributed by atoms with Crippen molar-refractivity contribution in [3.8, 4) is 5.75 Å². The van der Waals surface area contributed by atoms with Gasteiger partial charge < -0.3 is 10.1 Å². The summed E-state index contributed by atoms with van der Waals surface area (Å²) >= 11 is 3.43. The maximum absolute atomic E-state index is 5.36. The molecule has 0 aliphatic heterocycles. The number of benzene rings is 1. The minimum Gasteiger partial charge on any atom is -0.496 e. The van der Waals surface area contributed by atoms with Crippen LogP contribution in [0.15, 0.2) is 34.9 Å². The normalized spacial score (nSPS) is 10.4. The Labute approximate surface area is 134 Å². The summed E-state index contributed by atoms with van der Waals surface area (Å²) in [5.74, 6) is 2.65. The van der Waals surface area contributed by atoms with Gasteiger partial charge in [0, 0.05) is 19.0 Å². The molecule has 0 saturated carbocycles. The minimum atomic E-state index is 0.801. The molecule has 1 N–H and O–H groups in total. The Bertz CT molecular complexity index is 589. The van der Waals surface area contributed by atoms with Crippen molar-refractivity contribution >= 4 is 21.7 Å². The van der Waals surface area contributed by atoms with Crippen LogP contribution in [0.1, 0.15) is 24.7 Å². The van der Waals surface area contributed by atoms with E-state index in [1.807, 2.05) is 24.3 Å². The van der Waals surface area contributed by atoms with Crippen LogP contribution in [0.3, 0.4) is 0 Å². The van der Waals surface area contributed by atoms with Gasteiger partial charge in [0.05, 0.1) is 7.11 Å².